The average Bonchev–Trinajstić information content (AvgIpc) is 2.74. The van der Waals surface area contributed by atoms with Crippen LogP contribution in [0.5, 0.6) is 0 Å². The van der Waals surface area contributed by atoms with Crippen LogP contribution in [0.15, 0.2) is 12.7 Å². The monoisotopic (exact) mass is 223 g/mol. The fourth-order valence-electron chi connectivity index (χ4n) is 3.37. The van der Waals surface area contributed by atoms with Crippen LogP contribution < -0.4 is 0 Å². The molecule has 0 spiro atoms. The summed E-state index contributed by atoms with van der Waals surface area (Å²) in [6.07, 6.45) is 7.14. The molecule has 0 unspecified atom stereocenters. The summed E-state index contributed by atoms with van der Waals surface area (Å²) in [6, 6.07) is 0. The van der Waals surface area contributed by atoms with Gasteiger partial charge in [-0.2, -0.15) is 0 Å². The Morgan fingerprint density at radius 3 is 3.06 bits per heavy atom. The summed E-state index contributed by atoms with van der Waals surface area (Å²) in [6.45, 7) is 6.49. The summed E-state index contributed by atoms with van der Waals surface area (Å²) in [4.78, 5) is 13.8. The standard InChI is InChI=1S/C13H21NO2/c1-2-3-4-8-14-9-11-6-5-7-13(11,10-14)12(15)16/h2,11H,1,3-10H2,(H,15,16)/t11-,13+/m0/s1. The molecule has 2 rings (SSSR count). The van der Waals surface area contributed by atoms with Gasteiger partial charge in [0.1, 0.15) is 0 Å². The zero-order chi connectivity index (χ0) is 11.6. The maximum Gasteiger partial charge on any atom is 0.311 e. The van der Waals surface area contributed by atoms with E-state index in [1.165, 1.54) is 0 Å². The number of fused-ring (bicyclic) bond motifs is 1. The number of rotatable bonds is 5. The minimum Gasteiger partial charge on any atom is -0.481 e. The third kappa shape index (κ3) is 1.88. The van der Waals surface area contributed by atoms with Crippen LogP contribution >= 0.6 is 0 Å². The average molecular weight is 223 g/mol. The number of unbranched alkanes of at least 4 members (excludes halogenated alkanes) is 1. The quantitative estimate of drug-likeness (QED) is 0.573. The van der Waals surface area contributed by atoms with Crippen LogP contribution in [-0.2, 0) is 4.79 Å². The molecule has 2 fully saturated rings. The fourth-order valence-corrected chi connectivity index (χ4v) is 3.37. The van der Waals surface area contributed by atoms with E-state index in [4.69, 9.17) is 0 Å². The maximum atomic E-state index is 11.4. The van der Waals surface area contributed by atoms with E-state index in [0.717, 1.165) is 51.7 Å². The van der Waals surface area contributed by atoms with Crippen molar-refractivity contribution in [2.45, 2.75) is 32.1 Å². The van der Waals surface area contributed by atoms with Gasteiger partial charge in [-0.1, -0.05) is 12.5 Å². The van der Waals surface area contributed by atoms with E-state index in [9.17, 15) is 9.90 Å². The highest BCUT2D eigenvalue weighted by atomic mass is 16.4. The van der Waals surface area contributed by atoms with Gasteiger partial charge in [-0.25, -0.2) is 0 Å². The first kappa shape index (κ1) is 11.6. The summed E-state index contributed by atoms with van der Waals surface area (Å²) < 4.78 is 0. The minimum absolute atomic E-state index is 0.397. The SMILES string of the molecule is C=CCCCN1C[C@@H]2CCC[C@@]2(C(=O)O)C1. The largest absolute Gasteiger partial charge is 0.481 e. The Labute approximate surface area is 97.1 Å². The molecule has 0 radical (unpaired) electrons. The first-order valence-electron chi connectivity index (χ1n) is 6.26. The number of aliphatic carboxylic acids is 1. The Balaban J connectivity index is 1.94. The molecule has 90 valence electrons. The van der Waals surface area contributed by atoms with Crippen LogP contribution in [0.25, 0.3) is 0 Å². The lowest BCUT2D eigenvalue weighted by atomic mass is 9.81. The van der Waals surface area contributed by atoms with E-state index in [0.29, 0.717) is 5.92 Å². The van der Waals surface area contributed by atoms with Crippen LogP contribution in [0.3, 0.4) is 0 Å². The molecule has 1 aliphatic heterocycles. The molecule has 2 aliphatic rings. The Morgan fingerprint density at radius 2 is 2.44 bits per heavy atom. The normalized spacial score (nSPS) is 33.9. The van der Waals surface area contributed by atoms with Gasteiger partial charge < -0.3 is 10.0 Å². The predicted molar refractivity (Wildman–Crippen MR) is 63.3 cm³/mol. The molecular formula is C13H21NO2. The molecule has 1 saturated carbocycles. The molecule has 0 aromatic rings. The van der Waals surface area contributed by atoms with Crippen LogP contribution in [0, 0.1) is 11.3 Å². The smallest absolute Gasteiger partial charge is 0.311 e. The zero-order valence-corrected chi connectivity index (χ0v) is 9.82. The second-order valence-electron chi connectivity index (χ2n) is 5.22. The maximum absolute atomic E-state index is 11.4. The molecule has 1 N–H and O–H groups in total. The predicted octanol–water partition coefficient (Wildman–Crippen LogP) is 2.14. The number of carbonyl (C=O) groups is 1. The first-order valence-corrected chi connectivity index (χ1v) is 6.26. The molecule has 1 aliphatic carbocycles. The van der Waals surface area contributed by atoms with Crippen LogP contribution in [0.4, 0.5) is 0 Å². The second kappa shape index (κ2) is 4.58. The Kier molecular flexibility index (Phi) is 3.33. The molecule has 1 heterocycles. The van der Waals surface area contributed by atoms with Crippen molar-refractivity contribution >= 4 is 5.97 Å². The summed E-state index contributed by atoms with van der Waals surface area (Å²) >= 11 is 0. The Morgan fingerprint density at radius 1 is 1.62 bits per heavy atom. The van der Waals surface area contributed by atoms with E-state index in [-0.39, 0.29) is 0 Å². The van der Waals surface area contributed by atoms with E-state index < -0.39 is 11.4 Å². The van der Waals surface area contributed by atoms with Gasteiger partial charge in [0.05, 0.1) is 5.41 Å². The lowest BCUT2D eigenvalue weighted by Gasteiger charge is -2.23. The topological polar surface area (TPSA) is 40.5 Å². The highest BCUT2D eigenvalue weighted by Crippen LogP contribution is 2.48. The molecule has 1 saturated heterocycles. The summed E-state index contributed by atoms with van der Waals surface area (Å²) in [7, 11) is 0. The third-order valence-electron chi connectivity index (χ3n) is 4.25. The molecule has 16 heavy (non-hydrogen) atoms. The van der Waals surface area contributed by atoms with E-state index in [1.807, 2.05) is 6.08 Å². The van der Waals surface area contributed by atoms with E-state index in [1.54, 1.807) is 0 Å². The van der Waals surface area contributed by atoms with Gasteiger partial charge in [0.15, 0.2) is 0 Å². The minimum atomic E-state index is -0.568. The zero-order valence-electron chi connectivity index (χ0n) is 9.82. The number of allylic oxidation sites excluding steroid dienone is 1. The van der Waals surface area contributed by atoms with Crippen molar-refractivity contribution in [3.63, 3.8) is 0 Å². The van der Waals surface area contributed by atoms with Gasteiger partial charge >= 0.3 is 5.97 Å². The summed E-state index contributed by atoms with van der Waals surface area (Å²) in [5.74, 6) is -0.171. The van der Waals surface area contributed by atoms with Gasteiger partial charge in [0.2, 0.25) is 0 Å². The van der Waals surface area contributed by atoms with Crippen LogP contribution in [0.1, 0.15) is 32.1 Å². The molecule has 3 nitrogen and oxygen atoms in total. The molecule has 0 bridgehead atoms. The molecular weight excluding hydrogens is 202 g/mol. The van der Waals surface area contributed by atoms with Crippen molar-refractivity contribution in [3.8, 4) is 0 Å². The van der Waals surface area contributed by atoms with Crippen molar-refractivity contribution in [3.05, 3.63) is 12.7 Å². The highest BCUT2D eigenvalue weighted by molar-refractivity contribution is 5.76. The second-order valence-corrected chi connectivity index (χ2v) is 5.22. The van der Waals surface area contributed by atoms with Gasteiger partial charge in [0.25, 0.3) is 0 Å². The van der Waals surface area contributed by atoms with Gasteiger partial charge in [-0.05, 0) is 38.1 Å². The summed E-state index contributed by atoms with van der Waals surface area (Å²) in [5.41, 5.74) is -0.409. The summed E-state index contributed by atoms with van der Waals surface area (Å²) in [5, 5.41) is 9.42. The Hall–Kier alpha value is -0.830. The van der Waals surface area contributed by atoms with Crippen molar-refractivity contribution in [2.24, 2.45) is 11.3 Å². The lowest BCUT2D eigenvalue weighted by molar-refractivity contribution is -0.149. The number of likely N-dealkylation sites (tertiary alicyclic amines) is 1. The third-order valence-corrected chi connectivity index (χ3v) is 4.25. The van der Waals surface area contributed by atoms with Crippen molar-refractivity contribution in [2.75, 3.05) is 19.6 Å². The lowest BCUT2D eigenvalue weighted by Crippen LogP contribution is -2.35. The van der Waals surface area contributed by atoms with Gasteiger partial charge in [-0.3, -0.25) is 4.79 Å². The fraction of sp³-hybridized carbons (Fsp3) is 0.769. The first-order chi connectivity index (χ1) is 7.69. The molecule has 2 atom stereocenters. The van der Waals surface area contributed by atoms with Crippen molar-refractivity contribution < 1.29 is 9.90 Å². The van der Waals surface area contributed by atoms with E-state index in [2.05, 4.69) is 11.5 Å². The molecule has 3 heteroatoms. The number of hydrogen-bond acceptors (Lipinski definition) is 2. The number of nitrogens with zero attached hydrogens (tertiary/aromatic N) is 1. The van der Waals surface area contributed by atoms with Crippen molar-refractivity contribution in [1.82, 2.24) is 4.90 Å². The van der Waals surface area contributed by atoms with E-state index >= 15 is 0 Å². The van der Waals surface area contributed by atoms with Crippen LogP contribution in [0.2, 0.25) is 0 Å². The van der Waals surface area contributed by atoms with Gasteiger partial charge in [0, 0.05) is 13.1 Å². The number of hydrogen-bond donors (Lipinski definition) is 1. The molecule has 0 aromatic carbocycles. The van der Waals surface area contributed by atoms with Gasteiger partial charge in [-0.15, -0.1) is 6.58 Å². The molecule has 0 amide bonds. The highest BCUT2D eigenvalue weighted by Gasteiger charge is 2.54. The Bertz CT molecular complexity index is 290. The van der Waals surface area contributed by atoms with Crippen molar-refractivity contribution in [1.29, 1.82) is 0 Å². The molecule has 0 aromatic heterocycles. The van der Waals surface area contributed by atoms with Crippen LogP contribution in [-0.4, -0.2) is 35.6 Å². The number of carboxylic acids is 1. The number of carboxylic acid groups (broad SMARTS) is 1.